The molecule has 3 aromatic carbocycles. The summed E-state index contributed by atoms with van der Waals surface area (Å²) in [7, 11) is 1.56. The third-order valence-electron chi connectivity index (χ3n) is 4.75. The predicted octanol–water partition coefficient (Wildman–Crippen LogP) is 5.35. The molecule has 0 atom stereocenters. The molecule has 4 aromatic rings. The Balaban J connectivity index is 1.64. The molecule has 6 nitrogen and oxygen atoms in total. The van der Waals surface area contributed by atoms with Crippen molar-refractivity contribution in [3.63, 3.8) is 0 Å². The highest BCUT2D eigenvalue weighted by Gasteiger charge is 2.20. The molecule has 1 heterocycles. The average molecular weight is 495 g/mol. The van der Waals surface area contributed by atoms with Crippen molar-refractivity contribution < 1.29 is 23.4 Å². The lowest BCUT2D eigenvalue weighted by molar-refractivity contribution is -0.147. The van der Waals surface area contributed by atoms with Gasteiger partial charge in [-0.3, -0.25) is 4.79 Å². The summed E-state index contributed by atoms with van der Waals surface area (Å²) in [4.78, 5) is 25.4. The van der Waals surface area contributed by atoms with Crippen LogP contribution in [0.15, 0.2) is 86.5 Å². The first kappa shape index (κ1) is 21.6. The summed E-state index contributed by atoms with van der Waals surface area (Å²) in [6.07, 6.45) is 0. The van der Waals surface area contributed by atoms with Crippen molar-refractivity contribution in [3.8, 4) is 22.8 Å². The quantitative estimate of drug-likeness (QED) is 0.322. The molecule has 4 rings (SSSR count). The van der Waals surface area contributed by atoms with E-state index in [0.29, 0.717) is 26.8 Å². The largest absolute Gasteiger partial charge is 0.496 e. The first-order valence-corrected chi connectivity index (χ1v) is 10.6. The van der Waals surface area contributed by atoms with E-state index < -0.39 is 12.6 Å². The summed E-state index contributed by atoms with van der Waals surface area (Å²) in [5.41, 5.74) is 1.49. The van der Waals surface area contributed by atoms with Gasteiger partial charge in [-0.2, -0.15) is 0 Å². The van der Waals surface area contributed by atoms with E-state index in [-0.39, 0.29) is 23.5 Å². The van der Waals surface area contributed by atoms with Gasteiger partial charge in [0.2, 0.25) is 11.2 Å². The second-order valence-corrected chi connectivity index (χ2v) is 7.72. The van der Waals surface area contributed by atoms with E-state index in [4.69, 9.17) is 18.6 Å². The Bertz CT molecular complexity index is 1310. The van der Waals surface area contributed by atoms with Gasteiger partial charge in [-0.05, 0) is 51.8 Å². The molecule has 0 unspecified atom stereocenters. The topological polar surface area (TPSA) is 75.0 Å². The van der Waals surface area contributed by atoms with Crippen molar-refractivity contribution >= 4 is 32.9 Å². The molecule has 0 bridgehead atoms. The molecular weight excluding hydrogens is 476 g/mol. The number of hydrogen-bond acceptors (Lipinski definition) is 6. The van der Waals surface area contributed by atoms with Crippen LogP contribution in [0.5, 0.6) is 11.5 Å². The van der Waals surface area contributed by atoms with Crippen LogP contribution >= 0.6 is 15.9 Å². The van der Waals surface area contributed by atoms with Crippen molar-refractivity contribution in [2.45, 2.75) is 6.61 Å². The van der Waals surface area contributed by atoms with Crippen LogP contribution in [-0.4, -0.2) is 19.7 Å². The maximum absolute atomic E-state index is 13.1. The lowest BCUT2D eigenvalue weighted by Gasteiger charge is -2.12. The van der Waals surface area contributed by atoms with E-state index in [0.717, 1.165) is 5.56 Å². The highest BCUT2D eigenvalue weighted by Crippen LogP contribution is 2.35. The standard InChI is InChI=1S/C25H19BrO6/c1-29-21-12-11-17(13-19(21)26)24-25(23(28)18-9-5-6-10-20(18)32-24)31-15-22(27)30-14-16-7-3-2-4-8-16/h2-13H,14-15H2,1H3. The van der Waals surface area contributed by atoms with Crippen LogP contribution in [0.25, 0.3) is 22.3 Å². The van der Waals surface area contributed by atoms with Gasteiger partial charge in [-0.1, -0.05) is 42.5 Å². The molecule has 0 spiro atoms. The second-order valence-electron chi connectivity index (χ2n) is 6.87. The molecule has 0 radical (unpaired) electrons. The van der Waals surface area contributed by atoms with Crippen molar-refractivity contribution in [1.82, 2.24) is 0 Å². The minimum absolute atomic E-state index is 0.0579. The van der Waals surface area contributed by atoms with Crippen LogP contribution in [0.4, 0.5) is 0 Å². The van der Waals surface area contributed by atoms with Crippen molar-refractivity contribution in [2.24, 2.45) is 0 Å². The van der Waals surface area contributed by atoms with Gasteiger partial charge in [0.1, 0.15) is 17.9 Å². The number of halogens is 1. The van der Waals surface area contributed by atoms with Crippen LogP contribution in [0.2, 0.25) is 0 Å². The molecular formula is C25H19BrO6. The molecule has 32 heavy (non-hydrogen) atoms. The number of para-hydroxylation sites is 1. The number of methoxy groups -OCH3 is 1. The molecule has 0 aliphatic heterocycles. The summed E-state index contributed by atoms with van der Waals surface area (Å²) in [5.74, 6) is 0.192. The van der Waals surface area contributed by atoms with Crippen molar-refractivity contribution in [1.29, 1.82) is 0 Å². The number of rotatable bonds is 7. The van der Waals surface area contributed by atoms with Crippen LogP contribution in [-0.2, 0) is 16.1 Å². The first-order valence-electron chi connectivity index (χ1n) is 9.79. The number of carbonyl (C=O) groups is 1. The van der Waals surface area contributed by atoms with Gasteiger partial charge >= 0.3 is 5.97 Å². The van der Waals surface area contributed by atoms with Gasteiger partial charge in [0, 0.05) is 5.56 Å². The van der Waals surface area contributed by atoms with Gasteiger partial charge < -0.3 is 18.6 Å². The zero-order chi connectivity index (χ0) is 22.5. The lowest BCUT2D eigenvalue weighted by atomic mass is 10.1. The zero-order valence-corrected chi connectivity index (χ0v) is 18.8. The first-order chi connectivity index (χ1) is 15.6. The third kappa shape index (κ3) is 4.68. The summed E-state index contributed by atoms with van der Waals surface area (Å²) >= 11 is 3.44. The van der Waals surface area contributed by atoms with Crippen LogP contribution < -0.4 is 14.9 Å². The number of hydrogen-bond donors (Lipinski definition) is 0. The van der Waals surface area contributed by atoms with Crippen molar-refractivity contribution in [2.75, 3.05) is 13.7 Å². The Labute approximate surface area is 192 Å². The smallest absolute Gasteiger partial charge is 0.344 e. The minimum Gasteiger partial charge on any atom is -0.496 e. The SMILES string of the molecule is COc1ccc(-c2oc3ccccc3c(=O)c2OCC(=O)OCc2ccccc2)cc1Br. The maximum atomic E-state index is 13.1. The number of carbonyl (C=O) groups excluding carboxylic acids is 1. The fraction of sp³-hybridized carbons (Fsp3) is 0.120. The van der Waals surface area contributed by atoms with E-state index in [1.807, 2.05) is 30.3 Å². The van der Waals surface area contributed by atoms with Crippen LogP contribution in [0.1, 0.15) is 5.56 Å². The highest BCUT2D eigenvalue weighted by atomic mass is 79.9. The maximum Gasteiger partial charge on any atom is 0.344 e. The molecule has 7 heteroatoms. The Kier molecular flexibility index (Phi) is 6.56. The van der Waals surface area contributed by atoms with Crippen LogP contribution in [0, 0.1) is 0 Å². The molecule has 0 amide bonds. The molecule has 0 saturated heterocycles. The Morgan fingerprint density at radius 1 is 1.00 bits per heavy atom. The predicted molar refractivity (Wildman–Crippen MR) is 124 cm³/mol. The van der Waals surface area contributed by atoms with Gasteiger partial charge in [0.25, 0.3) is 0 Å². The van der Waals surface area contributed by atoms with Crippen molar-refractivity contribution in [3.05, 3.63) is 93.1 Å². The molecule has 0 saturated carbocycles. The number of benzene rings is 3. The fourth-order valence-electron chi connectivity index (χ4n) is 3.16. The molecule has 0 aliphatic carbocycles. The molecule has 0 fully saturated rings. The molecule has 0 aliphatic rings. The van der Waals surface area contributed by atoms with Crippen LogP contribution in [0.3, 0.4) is 0 Å². The average Bonchev–Trinajstić information content (AvgIpc) is 2.82. The Morgan fingerprint density at radius 3 is 2.50 bits per heavy atom. The Morgan fingerprint density at radius 2 is 1.75 bits per heavy atom. The third-order valence-corrected chi connectivity index (χ3v) is 5.37. The molecule has 1 aromatic heterocycles. The number of esters is 1. The number of fused-ring (bicyclic) bond motifs is 1. The van der Waals surface area contributed by atoms with Gasteiger partial charge in [-0.25, -0.2) is 4.79 Å². The van der Waals surface area contributed by atoms with Gasteiger partial charge in [-0.15, -0.1) is 0 Å². The van der Waals surface area contributed by atoms with E-state index in [9.17, 15) is 9.59 Å². The van der Waals surface area contributed by atoms with Gasteiger partial charge in [0.05, 0.1) is 17.0 Å². The number of ether oxygens (including phenoxy) is 3. The molecule has 162 valence electrons. The molecule has 0 N–H and O–H groups in total. The Hall–Kier alpha value is -3.58. The minimum atomic E-state index is -0.594. The summed E-state index contributed by atoms with van der Waals surface area (Å²) in [6.45, 7) is -0.312. The summed E-state index contributed by atoms with van der Waals surface area (Å²) < 4.78 is 22.9. The monoisotopic (exact) mass is 494 g/mol. The summed E-state index contributed by atoms with van der Waals surface area (Å²) in [6, 6.07) is 21.4. The van der Waals surface area contributed by atoms with E-state index in [2.05, 4.69) is 15.9 Å². The normalized spacial score (nSPS) is 10.7. The van der Waals surface area contributed by atoms with E-state index >= 15 is 0 Å². The van der Waals surface area contributed by atoms with E-state index in [1.54, 1.807) is 49.6 Å². The van der Waals surface area contributed by atoms with Gasteiger partial charge in [0.15, 0.2) is 12.4 Å². The highest BCUT2D eigenvalue weighted by molar-refractivity contribution is 9.10. The lowest BCUT2D eigenvalue weighted by Crippen LogP contribution is -2.19. The summed E-state index contributed by atoms with van der Waals surface area (Å²) in [5, 5.41) is 0.358. The second kappa shape index (κ2) is 9.70. The zero-order valence-electron chi connectivity index (χ0n) is 17.2. The fourth-order valence-corrected chi connectivity index (χ4v) is 3.71. The van der Waals surface area contributed by atoms with E-state index in [1.165, 1.54) is 0 Å².